The summed E-state index contributed by atoms with van der Waals surface area (Å²) >= 11 is 1.80. The van der Waals surface area contributed by atoms with E-state index in [9.17, 15) is 0 Å². The standard InChI is InChI=1S/2C6H7.C2H6Ge.2ClH.Zr/c2*1-6-4-2-3-5-6;1-3-2;;;/h2*4-5H,2H2,1H3;1-2H3;2*1H;/q2*-1;;;;+2/p-2. The van der Waals surface area contributed by atoms with Gasteiger partial charge in [-0.1, -0.05) is 0 Å². The van der Waals surface area contributed by atoms with Crippen molar-refractivity contribution in [2.75, 3.05) is 0 Å². The van der Waals surface area contributed by atoms with E-state index in [-0.39, 0.29) is 34.8 Å². The Bertz CT molecular complexity index is 304. The molecule has 2 aliphatic rings. The summed E-state index contributed by atoms with van der Waals surface area (Å²) in [5.41, 5.74) is 2.69. The molecule has 100 valence electrons. The van der Waals surface area contributed by atoms with E-state index in [0.29, 0.717) is 0 Å². The predicted octanol–water partition coefficient (Wildman–Crippen LogP) is -1.82. The van der Waals surface area contributed by atoms with Crippen LogP contribution in [0.4, 0.5) is 0 Å². The Morgan fingerprint density at radius 2 is 1.22 bits per heavy atom. The predicted molar refractivity (Wildman–Crippen MR) is 69.9 cm³/mol. The number of allylic oxidation sites excluding steroid dienone is 8. The van der Waals surface area contributed by atoms with Crippen LogP contribution in [0.15, 0.2) is 35.5 Å². The molecule has 0 aromatic rings. The average molecular weight is 423 g/mol. The molecule has 0 saturated heterocycles. The smallest absolute Gasteiger partial charge is 1.00 e. The molecule has 0 N–H and O–H groups in total. The van der Waals surface area contributed by atoms with E-state index in [1.807, 2.05) is 12.2 Å². The maximum atomic E-state index is 3.05. The zero-order chi connectivity index (χ0) is 12.4. The van der Waals surface area contributed by atoms with Gasteiger partial charge in [0, 0.05) is 0 Å². The molecule has 18 heavy (non-hydrogen) atoms. The van der Waals surface area contributed by atoms with E-state index in [2.05, 4.69) is 49.7 Å². The quantitative estimate of drug-likeness (QED) is 0.319. The average Bonchev–Trinajstić information content (AvgIpc) is 2.78. The first-order valence-electron chi connectivity index (χ1n) is 5.51. The van der Waals surface area contributed by atoms with E-state index in [4.69, 9.17) is 0 Å². The summed E-state index contributed by atoms with van der Waals surface area (Å²) in [6.45, 7) is 4.17. The molecule has 2 rings (SSSR count). The Morgan fingerprint density at radius 1 is 0.944 bits per heavy atom. The molecule has 0 spiro atoms. The van der Waals surface area contributed by atoms with E-state index >= 15 is 0 Å². The van der Waals surface area contributed by atoms with Gasteiger partial charge in [-0.15, -0.1) is 26.7 Å². The van der Waals surface area contributed by atoms with E-state index in [1.54, 1.807) is 21.6 Å². The summed E-state index contributed by atoms with van der Waals surface area (Å²) < 4.78 is 0. The van der Waals surface area contributed by atoms with Gasteiger partial charge in [-0.05, 0) is 0 Å². The normalized spacial score (nSPS) is 13.9. The van der Waals surface area contributed by atoms with Crippen molar-refractivity contribution < 1.29 is 46.4 Å². The summed E-state index contributed by atoms with van der Waals surface area (Å²) in [7, 11) is -0.243. The molecule has 0 atom stereocenters. The zero-order valence-electron chi connectivity index (χ0n) is 11.5. The minimum atomic E-state index is -0.243. The fourth-order valence-electron chi connectivity index (χ4n) is 0.998. The van der Waals surface area contributed by atoms with Crippen LogP contribution >= 0.6 is 0 Å². The fraction of sp³-hybridized carbons (Fsp3) is 0.429. The third-order valence-corrected chi connectivity index (χ3v) is 1.74. The van der Waals surface area contributed by atoms with Gasteiger partial charge in [0.2, 0.25) is 0 Å². The molecule has 0 heterocycles. The topological polar surface area (TPSA) is 0 Å². The molecule has 2 aliphatic carbocycles. The van der Waals surface area contributed by atoms with E-state index in [0.717, 1.165) is 12.8 Å². The second kappa shape index (κ2) is 16.0. The molecule has 0 unspecified atom stereocenters. The second-order valence-corrected chi connectivity index (χ2v) is 21.0. The zero-order valence-corrected chi connectivity index (χ0v) is 17.5. The van der Waals surface area contributed by atoms with Gasteiger partial charge in [0.1, 0.15) is 0 Å². The fourth-order valence-corrected chi connectivity index (χ4v) is 0.998. The molecule has 0 amide bonds. The Balaban J connectivity index is -0.000000182. The van der Waals surface area contributed by atoms with Gasteiger partial charge in [-0.25, -0.2) is 23.3 Å². The van der Waals surface area contributed by atoms with Crippen LogP contribution < -0.4 is 24.8 Å². The van der Waals surface area contributed by atoms with E-state index < -0.39 is 0 Å². The van der Waals surface area contributed by atoms with Crippen LogP contribution in [0.3, 0.4) is 0 Å². The van der Waals surface area contributed by atoms with Gasteiger partial charge in [-0.2, -0.15) is 12.2 Å². The maximum Gasteiger partial charge on any atom is -1.00 e. The van der Waals surface area contributed by atoms with Gasteiger partial charge in [0.15, 0.2) is 0 Å². The minimum Gasteiger partial charge on any atom is -1.00 e. The summed E-state index contributed by atoms with van der Waals surface area (Å²) in [5, 5.41) is 0. The third kappa shape index (κ3) is 19.3. The molecular formula is C14H20Cl2GeZr-2. The van der Waals surface area contributed by atoms with Crippen LogP contribution in [0.1, 0.15) is 26.7 Å². The number of hydrogen-bond acceptors (Lipinski definition) is 0. The molecule has 0 bridgehead atoms. The van der Waals surface area contributed by atoms with E-state index in [1.165, 1.54) is 11.1 Å². The van der Waals surface area contributed by atoms with Crippen molar-refractivity contribution in [2.45, 2.75) is 38.2 Å². The van der Waals surface area contributed by atoms with Crippen LogP contribution in [-0.2, 0) is 21.6 Å². The van der Waals surface area contributed by atoms with Crippen LogP contribution in [0.5, 0.6) is 0 Å². The van der Waals surface area contributed by atoms with Crippen molar-refractivity contribution in [2.24, 2.45) is 0 Å². The Morgan fingerprint density at radius 3 is 1.28 bits per heavy atom. The van der Waals surface area contributed by atoms with Crippen LogP contribution in [-0.4, -0.2) is 9.98 Å². The molecule has 0 nitrogen and oxygen atoms in total. The summed E-state index contributed by atoms with van der Waals surface area (Å²) in [6.07, 6.45) is 16.5. The van der Waals surface area contributed by atoms with Crippen molar-refractivity contribution in [3.63, 3.8) is 0 Å². The molecular weight excluding hydrogens is 403 g/mol. The van der Waals surface area contributed by atoms with Crippen LogP contribution in [0.2, 0.25) is 11.5 Å². The van der Waals surface area contributed by atoms with Gasteiger partial charge in [0.05, 0.1) is 0 Å². The largest absolute Gasteiger partial charge is 1.00 e. The SMILES string of the molecule is CC1=CC[C-]=C1.CC1=CC[C-]=C1.[CH3][Ge]([CH3])=[Zr+2].[Cl-].[Cl-]. The van der Waals surface area contributed by atoms with Crippen molar-refractivity contribution in [3.05, 3.63) is 47.6 Å². The molecule has 0 aromatic heterocycles. The van der Waals surface area contributed by atoms with Gasteiger partial charge in [0.25, 0.3) is 0 Å². The first kappa shape index (κ1) is 24.0. The first-order chi connectivity index (χ1) is 7.52. The summed E-state index contributed by atoms with van der Waals surface area (Å²) in [5.74, 6) is 4.75. The van der Waals surface area contributed by atoms with Gasteiger partial charge >= 0.3 is 43.1 Å². The van der Waals surface area contributed by atoms with Crippen LogP contribution in [0, 0.1) is 12.2 Å². The van der Waals surface area contributed by atoms with Crippen molar-refractivity contribution in [1.29, 1.82) is 0 Å². The summed E-state index contributed by atoms with van der Waals surface area (Å²) in [6, 6.07) is 0. The number of rotatable bonds is 0. The maximum absolute atomic E-state index is 3.05. The molecule has 0 radical (unpaired) electrons. The van der Waals surface area contributed by atoms with Gasteiger partial charge in [-0.3, -0.25) is 12.2 Å². The monoisotopic (exact) mass is 422 g/mol. The molecule has 0 fully saturated rings. The molecule has 0 saturated carbocycles. The number of hydrogen-bond donors (Lipinski definition) is 0. The van der Waals surface area contributed by atoms with Crippen molar-refractivity contribution in [3.8, 4) is 0 Å². The van der Waals surface area contributed by atoms with Gasteiger partial charge < -0.3 is 24.8 Å². The minimum absolute atomic E-state index is 0. The molecule has 0 aliphatic heterocycles. The first-order valence-corrected chi connectivity index (χ1v) is 17.1. The Kier molecular flexibility index (Phi) is 21.4. The Hall–Kier alpha value is 0.966. The second-order valence-electron chi connectivity index (χ2n) is 4.00. The molecule has 0 aromatic carbocycles. The summed E-state index contributed by atoms with van der Waals surface area (Å²) in [4.78, 5) is 0. The molecule has 4 heteroatoms. The van der Waals surface area contributed by atoms with Crippen molar-refractivity contribution in [1.82, 2.24) is 0 Å². The van der Waals surface area contributed by atoms with Crippen molar-refractivity contribution >= 4 is 9.98 Å². The Labute approximate surface area is 141 Å². The number of halogens is 2. The third-order valence-electron chi connectivity index (χ3n) is 1.74. The van der Waals surface area contributed by atoms with Crippen LogP contribution in [0.25, 0.3) is 0 Å².